The van der Waals surface area contributed by atoms with E-state index < -0.39 is 17.4 Å². The molecule has 0 unspecified atom stereocenters. The molecule has 84 heavy (non-hydrogen) atoms. The zero-order valence-corrected chi connectivity index (χ0v) is 56.3. The highest BCUT2D eigenvalue weighted by atomic mass is 16.4. The van der Waals surface area contributed by atoms with Gasteiger partial charge in [-0.05, 0) is 216 Å². The summed E-state index contributed by atoms with van der Waals surface area (Å²) >= 11 is 0. The molecule has 4 saturated heterocycles. The molecule has 0 amide bonds. The number of carbonyl (C=O) groups is 2. The SMILES string of the molecule is CCN(c1nc(NCCC(CCCCCCCC(=O)O)(CCNc2nc(N(CC)C3CC(C)(C)NC(C)(C)C3)nc(N(CC)C3CC(C)(C)NC(C)(C)C3)n2)C(=O)O)nc(N(CC)C2CC(C)(C)NC(C)(C)C2)n1)C1CC(C)(C)NC(C)(C)C1. The van der Waals surface area contributed by atoms with Gasteiger partial charge >= 0.3 is 11.9 Å². The molecule has 0 atom stereocenters. The zero-order valence-electron chi connectivity index (χ0n) is 56.3. The van der Waals surface area contributed by atoms with E-state index in [0.717, 1.165) is 70.6 Å². The number of aliphatic carboxylic acids is 2. The lowest BCUT2D eigenvalue weighted by Crippen LogP contribution is -2.62. The number of rotatable bonds is 29. The van der Waals surface area contributed by atoms with Crippen LogP contribution in [0.3, 0.4) is 0 Å². The van der Waals surface area contributed by atoms with E-state index in [-0.39, 0.29) is 74.9 Å². The number of nitrogens with one attached hydrogen (secondary N) is 6. The lowest BCUT2D eigenvalue weighted by atomic mass is 9.76. The van der Waals surface area contributed by atoms with Crippen LogP contribution >= 0.6 is 0 Å². The molecule has 0 aromatic carbocycles. The smallest absolute Gasteiger partial charge is 0.309 e. The molecular formula is C64H118N16O4. The molecule has 4 aliphatic rings. The molecule has 6 rings (SSSR count). The second kappa shape index (κ2) is 26.9. The lowest BCUT2D eigenvalue weighted by Gasteiger charge is -2.50. The van der Waals surface area contributed by atoms with Gasteiger partial charge in [-0.3, -0.25) is 9.59 Å². The number of unbranched alkanes of at least 4 members (excludes halogenated alkanes) is 4. The quantitative estimate of drug-likeness (QED) is 0.0354. The molecule has 8 N–H and O–H groups in total. The fourth-order valence-electron chi connectivity index (χ4n) is 16.4. The Kier molecular flexibility index (Phi) is 22.0. The Morgan fingerprint density at radius 2 is 0.667 bits per heavy atom. The van der Waals surface area contributed by atoms with Gasteiger partial charge in [0.25, 0.3) is 0 Å². The second-order valence-electron chi connectivity index (χ2n) is 31.1. The van der Waals surface area contributed by atoms with Crippen molar-refractivity contribution in [3.05, 3.63) is 0 Å². The summed E-state index contributed by atoms with van der Waals surface area (Å²) in [6, 6.07) is 0.692. The first-order chi connectivity index (χ1) is 38.8. The molecule has 4 aliphatic heterocycles. The van der Waals surface area contributed by atoms with Crippen LogP contribution in [-0.2, 0) is 9.59 Å². The van der Waals surface area contributed by atoms with Crippen LogP contribution in [0.4, 0.5) is 35.7 Å². The van der Waals surface area contributed by atoms with Crippen LogP contribution in [0.1, 0.15) is 248 Å². The summed E-state index contributed by atoms with van der Waals surface area (Å²) in [7, 11) is 0. The van der Waals surface area contributed by atoms with E-state index in [1.165, 1.54) is 0 Å². The standard InChI is InChI=1S/C64H118N16O4/c1-21-77(44-36-56(5,6)73-57(7,8)37-44)52-67-50(68-53(71-52)78(22-2)45-38-58(9,10)74-59(11,12)39-45)65-34-32-64(49(83)84,31-29-27-25-26-28-30-48(81)82)33-35-66-51-69-54(79(23-3)46-40-60(13,14)75-61(15,16)41-46)72-55(70-51)80(24-4)47-42-62(17,18)76-63(19,20)43-47/h44-47,73-76H,21-43H2,1-20H3,(H,81,82)(H,83,84)(H,65,67,68,71)(H,66,69,70,72). The lowest BCUT2D eigenvalue weighted by molar-refractivity contribution is -0.150. The van der Waals surface area contributed by atoms with Crippen molar-refractivity contribution in [3.8, 4) is 0 Å². The van der Waals surface area contributed by atoms with Crippen LogP contribution in [0.2, 0.25) is 0 Å². The van der Waals surface area contributed by atoms with Crippen molar-refractivity contribution in [1.29, 1.82) is 0 Å². The Morgan fingerprint density at radius 3 is 0.905 bits per heavy atom. The fourth-order valence-corrected chi connectivity index (χ4v) is 16.4. The molecule has 20 nitrogen and oxygen atoms in total. The molecule has 2 aromatic rings. The average Bonchev–Trinajstić information content (AvgIpc) is 1.14. The van der Waals surface area contributed by atoms with E-state index >= 15 is 0 Å². The highest BCUT2D eigenvalue weighted by Gasteiger charge is 2.46. The molecule has 0 radical (unpaired) electrons. The first-order valence-corrected chi connectivity index (χ1v) is 32.5. The van der Waals surface area contributed by atoms with Gasteiger partial charge in [0.05, 0.1) is 5.41 Å². The number of hydrogen-bond donors (Lipinski definition) is 8. The first kappa shape index (κ1) is 68.7. The van der Waals surface area contributed by atoms with Crippen molar-refractivity contribution in [2.45, 2.75) is 316 Å². The number of carboxylic acids is 2. The van der Waals surface area contributed by atoms with Crippen molar-refractivity contribution in [2.24, 2.45) is 5.41 Å². The van der Waals surface area contributed by atoms with Gasteiger partial charge < -0.3 is 61.7 Å². The number of piperidine rings is 4. The predicted octanol–water partition coefficient (Wildman–Crippen LogP) is 10.8. The molecule has 0 aliphatic carbocycles. The summed E-state index contributed by atoms with van der Waals surface area (Å²) < 4.78 is 0. The van der Waals surface area contributed by atoms with Crippen LogP contribution in [-0.4, -0.2) is 160 Å². The van der Waals surface area contributed by atoms with Gasteiger partial charge in [0.2, 0.25) is 35.7 Å². The molecule has 0 bridgehead atoms. The predicted molar refractivity (Wildman–Crippen MR) is 345 cm³/mol. The normalized spacial score (nSPS) is 22.0. The number of aromatic nitrogens is 6. The van der Waals surface area contributed by atoms with Gasteiger partial charge in [-0.15, -0.1) is 0 Å². The Balaban J connectivity index is 1.35. The summed E-state index contributed by atoms with van der Waals surface area (Å²) in [6.07, 6.45) is 12.3. The molecule has 478 valence electrons. The van der Waals surface area contributed by atoms with Crippen molar-refractivity contribution < 1.29 is 19.8 Å². The highest BCUT2D eigenvalue weighted by Crippen LogP contribution is 2.40. The summed E-state index contributed by atoms with van der Waals surface area (Å²) in [5.74, 6) is 1.76. The molecule has 4 fully saturated rings. The van der Waals surface area contributed by atoms with Gasteiger partial charge in [0.1, 0.15) is 0 Å². The molecule has 2 aromatic heterocycles. The Labute approximate surface area is 507 Å². The summed E-state index contributed by atoms with van der Waals surface area (Å²) in [5.41, 5.74) is -1.96. The summed E-state index contributed by atoms with van der Waals surface area (Å²) in [6.45, 7) is 48.6. The van der Waals surface area contributed by atoms with Crippen molar-refractivity contribution in [3.63, 3.8) is 0 Å². The van der Waals surface area contributed by atoms with Crippen LogP contribution in [0.25, 0.3) is 0 Å². The van der Waals surface area contributed by atoms with Gasteiger partial charge in [-0.1, -0.05) is 25.7 Å². The van der Waals surface area contributed by atoms with E-state index in [4.69, 9.17) is 29.9 Å². The molecule has 20 heteroatoms. The minimum absolute atomic E-state index is 0.102. The Hall–Kier alpha value is -4.40. The van der Waals surface area contributed by atoms with Gasteiger partial charge in [0, 0.05) is 114 Å². The van der Waals surface area contributed by atoms with Crippen LogP contribution in [0.5, 0.6) is 0 Å². The third kappa shape index (κ3) is 19.1. The maximum atomic E-state index is 14.1. The van der Waals surface area contributed by atoms with Crippen LogP contribution in [0, 0.1) is 5.41 Å². The summed E-state index contributed by atoms with van der Waals surface area (Å²) in [5, 5.41) is 43.5. The van der Waals surface area contributed by atoms with Crippen molar-refractivity contribution in [1.82, 2.24) is 51.2 Å². The number of carboxylic acid groups (broad SMARTS) is 2. The average molecular weight is 1180 g/mol. The van der Waals surface area contributed by atoms with Crippen molar-refractivity contribution >= 4 is 47.6 Å². The van der Waals surface area contributed by atoms with E-state index in [1.807, 2.05) is 0 Å². The van der Waals surface area contributed by atoms with E-state index in [2.05, 4.69) is 190 Å². The molecular weight excluding hydrogens is 1060 g/mol. The third-order valence-electron chi connectivity index (χ3n) is 18.3. The largest absolute Gasteiger partial charge is 0.481 e. The second-order valence-corrected chi connectivity index (χ2v) is 31.1. The molecule has 6 heterocycles. The van der Waals surface area contributed by atoms with Gasteiger partial charge in [-0.25, -0.2) is 0 Å². The van der Waals surface area contributed by atoms with E-state index in [1.54, 1.807) is 0 Å². The van der Waals surface area contributed by atoms with Gasteiger partial charge in [-0.2, -0.15) is 29.9 Å². The monoisotopic (exact) mass is 1170 g/mol. The maximum absolute atomic E-state index is 14.1. The van der Waals surface area contributed by atoms with E-state index in [9.17, 15) is 19.8 Å². The topological polar surface area (TPSA) is 237 Å². The maximum Gasteiger partial charge on any atom is 0.309 e. The van der Waals surface area contributed by atoms with Crippen LogP contribution < -0.4 is 51.5 Å². The third-order valence-corrected chi connectivity index (χ3v) is 18.3. The molecule has 0 saturated carbocycles. The minimum atomic E-state index is -1.15. The number of hydrogen-bond acceptors (Lipinski definition) is 18. The number of nitrogens with zero attached hydrogens (tertiary/aromatic N) is 10. The van der Waals surface area contributed by atoms with Crippen molar-refractivity contribution in [2.75, 3.05) is 69.5 Å². The fraction of sp³-hybridized carbons (Fsp3) is 0.875. The zero-order chi connectivity index (χ0) is 62.5. The first-order valence-electron chi connectivity index (χ1n) is 32.5. The number of anilines is 6. The minimum Gasteiger partial charge on any atom is -0.481 e. The Morgan fingerprint density at radius 1 is 0.417 bits per heavy atom. The Bertz CT molecular complexity index is 2160. The highest BCUT2D eigenvalue weighted by molar-refractivity contribution is 5.74. The summed E-state index contributed by atoms with van der Waals surface area (Å²) in [4.78, 5) is 66.5. The molecule has 0 spiro atoms. The van der Waals surface area contributed by atoms with Crippen LogP contribution in [0.15, 0.2) is 0 Å². The van der Waals surface area contributed by atoms with Gasteiger partial charge in [0.15, 0.2) is 0 Å². The van der Waals surface area contributed by atoms with E-state index in [0.29, 0.717) is 107 Å².